The molecule has 1 aromatic carbocycles. The molecule has 0 spiro atoms. The van der Waals surface area contributed by atoms with E-state index in [1.165, 1.54) is 0 Å². The summed E-state index contributed by atoms with van der Waals surface area (Å²) in [6.07, 6.45) is 0.528. The van der Waals surface area contributed by atoms with Crippen molar-refractivity contribution in [2.75, 3.05) is 0 Å². The van der Waals surface area contributed by atoms with Crippen molar-refractivity contribution in [1.82, 2.24) is 0 Å². The second-order valence-electron chi connectivity index (χ2n) is 2.42. The molecule has 12 heavy (non-hydrogen) atoms. The third-order valence-corrected chi connectivity index (χ3v) is 1.89. The molecule has 1 aromatic rings. The van der Waals surface area contributed by atoms with Crippen molar-refractivity contribution in [3.63, 3.8) is 0 Å². The van der Waals surface area contributed by atoms with Crippen molar-refractivity contribution >= 4 is 15.2 Å². The smallest absolute Gasteiger partial charge is 0.162 e. The number of hydrogen-bond donors (Lipinski definition) is 0. The largest absolute Gasteiger partial charge is 0.480 e. The molecular formula is C9H11O2P. The minimum absolute atomic E-state index is 0.138. The molecule has 64 valence electrons. The van der Waals surface area contributed by atoms with Crippen molar-refractivity contribution in [1.29, 1.82) is 0 Å². The summed E-state index contributed by atoms with van der Waals surface area (Å²) in [6, 6.07) is 7.14. The van der Waals surface area contributed by atoms with Crippen LogP contribution in [-0.2, 0) is 0 Å². The highest BCUT2D eigenvalue weighted by Gasteiger charge is 2.02. The molecule has 0 fully saturated rings. The highest BCUT2D eigenvalue weighted by molar-refractivity contribution is 7.10. The molecule has 0 saturated carbocycles. The van der Waals surface area contributed by atoms with Gasteiger partial charge in [-0.1, -0.05) is 19.1 Å². The molecule has 0 saturated heterocycles. The molecule has 0 aliphatic carbocycles. The molecule has 0 bridgehead atoms. The summed E-state index contributed by atoms with van der Waals surface area (Å²) in [5.41, 5.74) is 0.706. The SMILES string of the molecule is CCC(=O)c1cccc(OP)c1. The van der Waals surface area contributed by atoms with Gasteiger partial charge in [0.05, 0.1) is 9.47 Å². The van der Waals surface area contributed by atoms with Crippen LogP contribution in [0.2, 0.25) is 0 Å². The van der Waals surface area contributed by atoms with Crippen molar-refractivity contribution in [2.45, 2.75) is 13.3 Å². The molecule has 0 radical (unpaired) electrons. The van der Waals surface area contributed by atoms with Gasteiger partial charge in [0, 0.05) is 12.0 Å². The van der Waals surface area contributed by atoms with E-state index in [4.69, 9.17) is 4.52 Å². The van der Waals surface area contributed by atoms with Gasteiger partial charge in [-0.2, -0.15) is 0 Å². The van der Waals surface area contributed by atoms with Crippen molar-refractivity contribution < 1.29 is 9.32 Å². The predicted octanol–water partition coefficient (Wildman–Crippen LogP) is 2.45. The van der Waals surface area contributed by atoms with E-state index in [2.05, 4.69) is 9.47 Å². The van der Waals surface area contributed by atoms with Crippen molar-refractivity contribution in [3.8, 4) is 5.75 Å². The maximum Gasteiger partial charge on any atom is 0.162 e. The Balaban J connectivity index is 2.93. The van der Waals surface area contributed by atoms with E-state index in [0.29, 0.717) is 17.7 Å². The molecule has 1 rings (SSSR count). The third kappa shape index (κ3) is 2.05. The molecule has 1 atom stereocenters. The number of hydrogen-bond acceptors (Lipinski definition) is 2. The number of rotatable bonds is 3. The summed E-state index contributed by atoms with van der Waals surface area (Å²) < 4.78 is 4.91. The second kappa shape index (κ2) is 4.22. The standard InChI is InChI=1S/C9H11O2P/c1-2-9(10)7-4-3-5-8(6-7)11-12/h3-6H,2,12H2,1H3. The third-order valence-electron chi connectivity index (χ3n) is 1.61. The van der Waals surface area contributed by atoms with Gasteiger partial charge in [-0.25, -0.2) is 0 Å². The van der Waals surface area contributed by atoms with Crippen LogP contribution in [-0.4, -0.2) is 5.78 Å². The van der Waals surface area contributed by atoms with Gasteiger partial charge in [0.25, 0.3) is 0 Å². The average Bonchev–Trinajstić information content (AvgIpc) is 2.17. The fraction of sp³-hybridized carbons (Fsp3) is 0.222. The zero-order valence-electron chi connectivity index (χ0n) is 6.91. The molecule has 0 amide bonds. The quantitative estimate of drug-likeness (QED) is 0.530. The fourth-order valence-electron chi connectivity index (χ4n) is 0.947. The number of benzene rings is 1. The van der Waals surface area contributed by atoms with E-state index in [-0.39, 0.29) is 5.78 Å². The Morgan fingerprint density at radius 1 is 1.58 bits per heavy atom. The lowest BCUT2D eigenvalue weighted by Gasteiger charge is -2.01. The lowest BCUT2D eigenvalue weighted by atomic mass is 10.1. The molecular weight excluding hydrogens is 171 g/mol. The van der Waals surface area contributed by atoms with Crippen LogP contribution in [0, 0.1) is 0 Å². The van der Waals surface area contributed by atoms with Crippen LogP contribution < -0.4 is 4.52 Å². The first-order valence-electron chi connectivity index (χ1n) is 3.78. The maximum atomic E-state index is 11.2. The van der Waals surface area contributed by atoms with E-state index >= 15 is 0 Å². The minimum Gasteiger partial charge on any atom is -0.480 e. The Hall–Kier alpha value is -0.880. The van der Waals surface area contributed by atoms with Gasteiger partial charge in [-0.3, -0.25) is 4.79 Å². The van der Waals surface area contributed by atoms with E-state index < -0.39 is 0 Å². The molecule has 3 heteroatoms. The van der Waals surface area contributed by atoms with Gasteiger partial charge in [-0.05, 0) is 12.1 Å². The summed E-state index contributed by atoms with van der Waals surface area (Å²) in [4.78, 5) is 11.2. The van der Waals surface area contributed by atoms with Crippen LogP contribution in [0.25, 0.3) is 0 Å². The van der Waals surface area contributed by atoms with Crippen LogP contribution in [0.3, 0.4) is 0 Å². The van der Waals surface area contributed by atoms with Crippen LogP contribution >= 0.6 is 9.47 Å². The lowest BCUT2D eigenvalue weighted by molar-refractivity contribution is 0.0988. The van der Waals surface area contributed by atoms with Crippen LogP contribution in [0.5, 0.6) is 5.75 Å². The summed E-state index contributed by atoms with van der Waals surface area (Å²) in [5, 5.41) is 0. The van der Waals surface area contributed by atoms with Gasteiger partial charge >= 0.3 is 0 Å². The molecule has 2 nitrogen and oxygen atoms in total. The summed E-state index contributed by atoms with van der Waals surface area (Å²) in [6.45, 7) is 1.84. The average molecular weight is 182 g/mol. The van der Waals surface area contributed by atoms with Gasteiger partial charge < -0.3 is 4.52 Å². The van der Waals surface area contributed by atoms with Gasteiger partial charge in [0.2, 0.25) is 0 Å². The van der Waals surface area contributed by atoms with E-state index in [9.17, 15) is 4.79 Å². The Labute approximate surface area is 74.2 Å². The Morgan fingerprint density at radius 2 is 2.33 bits per heavy atom. The fourth-order valence-corrected chi connectivity index (χ4v) is 1.09. The van der Waals surface area contributed by atoms with Crippen LogP contribution in [0.1, 0.15) is 23.7 Å². The number of carbonyl (C=O) groups excluding carboxylic acids is 1. The molecule has 0 aliphatic heterocycles. The Morgan fingerprint density at radius 3 is 2.92 bits per heavy atom. The second-order valence-corrected chi connectivity index (χ2v) is 2.66. The molecule has 1 unspecified atom stereocenters. The van der Waals surface area contributed by atoms with Crippen LogP contribution in [0.15, 0.2) is 24.3 Å². The molecule has 0 heterocycles. The van der Waals surface area contributed by atoms with Crippen LogP contribution in [0.4, 0.5) is 0 Å². The first-order chi connectivity index (χ1) is 5.77. The van der Waals surface area contributed by atoms with Gasteiger partial charge in [0.15, 0.2) is 5.78 Å². The molecule has 0 aromatic heterocycles. The van der Waals surface area contributed by atoms with Crippen molar-refractivity contribution in [2.24, 2.45) is 0 Å². The molecule has 0 aliphatic rings. The van der Waals surface area contributed by atoms with Gasteiger partial charge in [-0.15, -0.1) is 0 Å². The molecule has 0 N–H and O–H groups in total. The summed E-state index contributed by atoms with van der Waals surface area (Å²) >= 11 is 0. The first kappa shape index (κ1) is 9.21. The van der Waals surface area contributed by atoms with Gasteiger partial charge in [0.1, 0.15) is 5.75 Å². The Bertz CT molecular complexity index is 284. The minimum atomic E-state index is 0.138. The zero-order chi connectivity index (χ0) is 8.97. The number of carbonyl (C=O) groups is 1. The summed E-state index contributed by atoms with van der Waals surface area (Å²) in [7, 11) is 2.15. The van der Waals surface area contributed by atoms with E-state index in [1.807, 2.05) is 13.0 Å². The highest BCUT2D eigenvalue weighted by atomic mass is 31.0. The first-order valence-corrected chi connectivity index (χ1v) is 4.25. The van der Waals surface area contributed by atoms with E-state index in [0.717, 1.165) is 0 Å². The lowest BCUT2D eigenvalue weighted by Crippen LogP contribution is -1.95. The number of ketones is 1. The predicted molar refractivity (Wildman–Crippen MR) is 51.4 cm³/mol. The Kier molecular flexibility index (Phi) is 3.24. The van der Waals surface area contributed by atoms with Crippen molar-refractivity contribution in [3.05, 3.63) is 29.8 Å². The topological polar surface area (TPSA) is 26.3 Å². The maximum absolute atomic E-state index is 11.2. The summed E-state index contributed by atoms with van der Waals surface area (Å²) in [5.74, 6) is 0.832. The number of Topliss-reactive ketones (excluding diaryl/α,β-unsaturated/α-hetero) is 1. The monoisotopic (exact) mass is 182 g/mol. The normalized spacial score (nSPS) is 9.50. The zero-order valence-corrected chi connectivity index (χ0v) is 8.07. The van der Waals surface area contributed by atoms with E-state index in [1.54, 1.807) is 18.2 Å². The highest BCUT2D eigenvalue weighted by Crippen LogP contribution is 2.16.